The lowest BCUT2D eigenvalue weighted by molar-refractivity contribution is -0.0764. The molecule has 7 nitrogen and oxygen atoms in total. The van der Waals surface area contributed by atoms with E-state index in [-0.39, 0.29) is 6.42 Å². The number of hydrogen-bond donors (Lipinski definition) is 3. The maximum atomic E-state index is 13.4. The Bertz CT molecular complexity index is 1230. The predicted octanol–water partition coefficient (Wildman–Crippen LogP) is 1.24. The number of ether oxygens (including phenoxy) is 1. The summed E-state index contributed by atoms with van der Waals surface area (Å²) in [6, 6.07) is 20.0. The Morgan fingerprint density at radius 3 is 2.03 bits per heavy atom. The molecule has 1 saturated heterocycles. The Hall–Kier alpha value is -2.78. The number of aliphatic hydroxyl groups excluding tert-OH is 2. The highest BCUT2D eigenvalue weighted by molar-refractivity contribution is 7.05. The minimum Gasteiger partial charge on any atom is -0.394 e. The molecule has 34 heavy (non-hydrogen) atoms. The summed E-state index contributed by atoms with van der Waals surface area (Å²) >= 11 is 0. The van der Waals surface area contributed by atoms with Crippen LogP contribution in [0, 0.1) is 6.92 Å². The van der Waals surface area contributed by atoms with Gasteiger partial charge in [0, 0.05) is 18.2 Å². The zero-order valence-electron chi connectivity index (χ0n) is 20.0. The van der Waals surface area contributed by atoms with Gasteiger partial charge in [-0.2, -0.15) is 0 Å². The Morgan fingerprint density at radius 1 is 1.06 bits per heavy atom. The lowest BCUT2D eigenvalue weighted by atomic mass is 10.2. The number of nitrogens with one attached hydrogen (secondary N) is 1. The Kier molecular flexibility index (Phi) is 6.28. The fourth-order valence-corrected chi connectivity index (χ4v) is 12.7. The van der Waals surface area contributed by atoms with Crippen LogP contribution in [0.2, 0.25) is 5.04 Å². The lowest BCUT2D eigenvalue weighted by Gasteiger charge is -2.54. The first kappa shape index (κ1) is 24.3. The second kappa shape index (κ2) is 8.78. The van der Waals surface area contributed by atoms with Crippen molar-refractivity contribution < 1.29 is 14.9 Å². The molecule has 0 amide bonds. The molecule has 2 aromatic carbocycles. The largest absolute Gasteiger partial charge is 0.394 e. The van der Waals surface area contributed by atoms with Gasteiger partial charge >= 0.3 is 5.69 Å². The molecule has 1 fully saturated rings. The van der Waals surface area contributed by atoms with Crippen molar-refractivity contribution in [2.75, 3.05) is 6.61 Å². The van der Waals surface area contributed by atoms with Crippen molar-refractivity contribution in [3.8, 4) is 0 Å². The number of hydrogen-bond acceptors (Lipinski definition) is 5. The molecule has 0 unspecified atom stereocenters. The van der Waals surface area contributed by atoms with E-state index in [4.69, 9.17) is 4.74 Å². The molecule has 0 aliphatic carbocycles. The van der Waals surface area contributed by atoms with E-state index in [1.54, 1.807) is 6.92 Å². The van der Waals surface area contributed by atoms with E-state index in [0.29, 0.717) is 5.56 Å². The third-order valence-electron chi connectivity index (χ3n) is 7.08. The second-order valence-corrected chi connectivity index (χ2v) is 15.0. The van der Waals surface area contributed by atoms with Crippen molar-refractivity contribution in [2.24, 2.45) is 0 Å². The quantitative estimate of drug-likeness (QED) is 0.477. The summed E-state index contributed by atoms with van der Waals surface area (Å²) in [6.07, 6.45) is -0.240. The maximum Gasteiger partial charge on any atom is 0.330 e. The first-order chi connectivity index (χ1) is 16.1. The van der Waals surface area contributed by atoms with Crippen LogP contribution >= 0.6 is 0 Å². The van der Waals surface area contributed by atoms with Crippen LogP contribution in [0.15, 0.2) is 76.4 Å². The lowest BCUT2D eigenvalue weighted by Crippen LogP contribution is -2.79. The highest BCUT2D eigenvalue weighted by Gasteiger charge is 2.68. The van der Waals surface area contributed by atoms with Crippen LogP contribution < -0.4 is 21.6 Å². The third-order valence-corrected chi connectivity index (χ3v) is 13.5. The maximum absolute atomic E-state index is 13.4. The Labute approximate surface area is 199 Å². The minimum atomic E-state index is -3.23. The summed E-state index contributed by atoms with van der Waals surface area (Å²) in [6.45, 7) is 7.65. The highest BCUT2D eigenvalue weighted by Crippen LogP contribution is 2.51. The fourth-order valence-electron chi connectivity index (χ4n) is 5.81. The molecule has 0 bridgehead atoms. The third kappa shape index (κ3) is 3.53. The van der Waals surface area contributed by atoms with E-state index in [1.807, 2.05) is 36.4 Å². The molecule has 3 atom stereocenters. The molecule has 4 rings (SSSR count). The van der Waals surface area contributed by atoms with Gasteiger partial charge in [-0.15, -0.1) is 0 Å². The van der Waals surface area contributed by atoms with E-state index in [2.05, 4.69) is 50.0 Å². The van der Waals surface area contributed by atoms with Crippen molar-refractivity contribution in [3.05, 3.63) is 93.3 Å². The van der Waals surface area contributed by atoms with E-state index in [1.165, 1.54) is 10.8 Å². The van der Waals surface area contributed by atoms with Crippen LogP contribution in [0.3, 0.4) is 0 Å². The topological polar surface area (TPSA) is 105 Å². The summed E-state index contributed by atoms with van der Waals surface area (Å²) in [5.41, 5.74) is -0.701. The van der Waals surface area contributed by atoms with Crippen LogP contribution in [0.1, 0.15) is 32.8 Å². The van der Waals surface area contributed by atoms with Gasteiger partial charge in [0.1, 0.15) is 11.5 Å². The van der Waals surface area contributed by atoms with Gasteiger partial charge in [-0.3, -0.25) is 14.3 Å². The van der Waals surface area contributed by atoms with Crippen molar-refractivity contribution in [3.63, 3.8) is 0 Å². The van der Waals surface area contributed by atoms with E-state index >= 15 is 0 Å². The van der Waals surface area contributed by atoms with Crippen LogP contribution in [0.25, 0.3) is 0 Å². The number of aryl methyl sites for hydroxylation is 1. The minimum absolute atomic E-state index is 0.0941. The van der Waals surface area contributed by atoms with Crippen LogP contribution in [-0.2, 0) is 10.1 Å². The summed E-state index contributed by atoms with van der Waals surface area (Å²) in [5.74, 6) is 0. The van der Waals surface area contributed by atoms with Crippen LogP contribution in [-0.4, -0.2) is 46.7 Å². The first-order valence-electron chi connectivity index (χ1n) is 11.5. The Balaban J connectivity index is 2.23. The number of aliphatic hydroxyl groups is 2. The summed E-state index contributed by atoms with van der Waals surface area (Å²) in [4.78, 5) is 28.2. The van der Waals surface area contributed by atoms with Crippen molar-refractivity contribution in [1.82, 2.24) is 9.55 Å². The molecule has 0 saturated carbocycles. The van der Waals surface area contributed by atoms with Gasteiger partial charge in [0.15, 0.2) is 8.07 Å². The molecule has 180 valence electrons. The van der Waals surface area contributed by atoms with Gasteiger partial charge in [-0.25, -0.2) is 4.79 Å². The molecule has 8 heteroatoms. The van der Waals surface area contributed by atoms with E-state index < -0.39 is 48.5 Å². The number of H-pyrrole nitrogens is 1. The number of benzene rings is 2. The smallest absolute Gasteiger partial charge is 0.330 e. The molecular weight excluding hydrogens is 448 g/mol. The molecule has 0 spiro atoms. The number of rotatable bonds is 5. The average Bonchev–Trinajstić information content (AvgIpc) is 3.14. The highest BCUT2D eigenvalue weighted by atomic mass is 28.3. The zero-order valence-corrected chi connectivity index (χ0v) is 21.0. The number of aromatic nitrogens is 2. The van der Waals surface area contributed by atoms with Gasteiger partial charge in [-0.05, 0) is 22.3 Å². The van der Waals surface area contributed by atoms with Gasteiger partial charge in [0.25, 0.3) is 5.56 Å². The SMILES string of the molecule is Cc1cn([C@@]2([Si](c3ccccc3)(c3ccccc3)C(C)(C)C)C[C@H](O)[C@@H](CO)O2)c(=O)[nH]c1=O. The molecule has 1 aliphatic rings. The fraction of sp³-hybridized carbons (Fsp3) is 0.385. The molecule has 0 radical (unpaired) electrons. The van der Waals surface area contributed by atoms with E-state index in [9.17, 15) is 19.8 Å². The standard InChI is InChI=1S/C26H32N2O5Si/c1-18-16-28(24(32)27-23(18)31)26(15-21(30)22(17-29)33-26)34(25(2,3)4,19-11-7-5-8-12-19)20-13-9-6-10-14-20/h5-14,16,21-22,29-30H,15,17H2,1-4H3,(H,27,31,32)/t21-,22+,26-/m0/s1. The molecule has 1 aliphatic heterocycles. The van der Waals surface area contributed by atoms with E-state index in [0.717, 1.165) is 10.4 Å². The van der Waals surface area contributed by atoms with Crippen molar-refractivity contribution >= 4 is 18.4 Å². The molecule has 3 N–H and O–H groups in total. The number of aromatic amines is 1. The number of nitrogens with zero attached hydrogens (tertiary/aromatic N) is 1. The van der Waals surface area contributed by atoms with Gasteiger partial charge < -0.3 is 14.9 Å². The molecule has 1 aromatic heterocycles. The van der Waals surface area contributed by atoms with Crippen LogP contribution in [0.5, 0.6) is 0 Å². The second-order valence-electron chi connectivity index (χ2n) is 10.1. The summed E-state index contributed by atoms with van der Waals surface area (Å²) in [5, 5.41) is 21.4. The van der Waals surface area contributed by atoms with Crippen LogP contribution in [0.4, 0.5) is 0 Å². The average molecular weight is 481 g/mol. The normalized spacial score (nSPS) is 23.2. The van der Waals surface area contributed by atoms with Gasteiger partial charge in [-0.1, -0.05) is 81.4 Å². The molecule has 3 aromatic rings. The van der Waals surface area contributed by atoms with Gasteiger partial charge in [0.05, 0.1) is 12.7 Å². The molecule has 2 heterocycles. The van der Waals surface area contributed by atoms with Crippen molar-refractivity contribution in [2.45, 2.75) is 56.7 Å². The van der Waals surface area contributed by atoms with Gasteiger partial charge in [0.2, 0.25) is 0 Å². The zero-order chi connectivity index (χ0) is 24.7. The predicted molar refractivity (Wildman–Crippen MR) is 134 cm³/mol. The monoisotopic (exact) mass is 480 g/mol. The Morgan fingerprint density at radius 2 is 1.59 bits per heavy atom. The summed E-state index contributed by atoms with van der Waals surface area (Å²) < 4.78 is 8.15. The first-order valence-corrected chi connectivity index (χ1v) is 13.5. The summed E-state index contributed by atoms with van der Waals surface area (Å²) in [7, 11) is -3.23. The molecular formula is C26H32N2O5Si. The van der Waals surface area contributed by atoms with Crippen molar-refractivity contribution in [1.29, 1.82) is 0 Å².